The minimum atomic E-state index is -0.0297. The van der Waals surface area contributed by atoms with Gasteiger partial charge >= 0.3 is 0 Å². The third-order valence-corrected chi connectivity index (χ3v) is 2.92. The van der Waals surface area contributed by atoms with Crippen molar-refractivity contribution in [3.63, 3.8) is 0 Å². The van der Waals surface area contributed by atoms with Gasteiger partial charge in [0, 0.05) is 23.0 Å². The van der Waals surface area contributed by atoms with Crippen molar-refractivity contribution in [3.05, 3.63) is 63.0 Å². The number of benzene rings is 1. The third kappa shape index (κ3) is 2.68. The molecule has 0 bridgehead atoms. The van der Waals surface area contributed by atoms with Gasteiger partial charge in [0.25, 0.3) is 5.56 Å². The molecule has 1 heterocycles. The lowest BCUT2D eigenvalue weighted by molar-refractivity contribution is 0.757. The lowest BCUT2D eigenvalue weighted by Crippen LogP contribution is -2.19. The second-order valence-corrected chi connectivity index (χ2v) is 4.43. The molecule has 2 aromatic rings. The number of hydrogen-bond donors (Lipinski definition) is 1. The molecule has 0 amide bonds. The van der Waals surface area contributed by atoms with Crippen LogP contribution in [-0.4, -0.2) is 4.57 Å². The Morgan fingerprint density at radius 1 is 1.29 bits per heavy atom. The van der Waals surface area contributed by atoms with Crippen LogP contribution in [0.25, 0.3) is 0 Å². The zero-order valence-electron chi connectivity index (χ0n) is 9.48. The molecule has 2 N–H and O–H groups in total. The van der Waals surface area contributed by atoms with Crippen molar-refractivity contribution in [1.29, 1.82) is 0 Å². The van der Waals surface area contributed by atoms with Crippen molar-refractivity contribution in [2.75, 3.05) is 5.73 Å². The Bertz CT molecular complexity index is 605. The molecule has 3 nitrogen and oxygen atoms in total. The average molecular weight is 249 g/mol. The molecule has 0 aliphatic heterocycles. The first-order valence-electron chi connectivity index (χ1n) is 5.27. The molecule has 2 rings (SSSR count). The molecule has 0 radical (unpaired) electrons. The summed E-state index contributed by atoms with van der Waals surface area (Å²) >= 11 is 6.07. The van der Waals surface area contributed by atoms with Crippen LogP contribution in [0.5, 0.6) is 0 Å². The Kier molecular flexibility index (Phi) is 3.20. The van der Waals surface area contributed by atoms with E-state index in [4.69, 9.17) is 17.3 Å². The maximum atomic E-state index is 11.7. The summed E-state index contributed by atoms with van der Waals surface area (Å²) in [6.45, 7) is 2.35. The summed E-state index contributed by atoms with van der Waals surface area (Å²) in [7, 11) is 0. The predicted molar refractivity (Wildman–Crippen MR) is 70.4 cm³/mol. The Labute approximate surface area is 104 Å². The van der Waals surface area contributed by atoms with Crippen molar-refractivity contribution < 1.29 is 0 Å². The second-order valence-electron chi connectivity index (χ2n) is 4.02. The van der Waals surface area contributed by atoms with Crippen LogP contribution in [-0.2, 0) is 6.54 Å². The summed E-state index contributed by atoms with van der Waals surface area (Å²) in [5.74, 6) is 0. The van der Waals surface area contributed by atoms with Gasteiger partial charge in [0.2, 0.25) is 0 Å². The van der Waals surface area contributed by atoms with E-state index in [1.807, 2.05) is 19.1 Å². The SMILES string of the molecule is Cc1ccn(Cc2ccc(N)cc2Cl)c(=O)c1. The van der Waals surface area contributed by atoms with Crippen molar-refractivity contribution in [2.45, 2.75) is 13.5 Å². The van der Waals surface area contributed by atoms with Crippen LogP contribution >= 0.6 is 11.6 Å². The number of nitrogen functional groups attached to an aromatic ring is 1. The average Bonchev–Trinajstić information content (AvgIpc) is 2.25. The molecule has 0 saturated carbocycles. The van der Waals surface area contributed by atoms with Crippen LogP contribution in [0.1, 0.15) is 11.1 Å². The van der Waals surface area contributed by atoms with Crippen LogP contribution in [0.4, 0.5) is 5.69 Å². The van der Waals surface area contributed by atoms with Gasteiger partial charge < -0.3 is 10.3 Å². The lowest BCUT2D eigenvalue weighted by Gasteiger charge is -2.08. The number of aromatic nitrogens is 1. The number of hydrogen-bond acceptors (Lipinski definition) is 2. The van der Waals surface area contributed by atoms with E-state index in [1.54, 1.807) is 29.0 Å². The fraction of sp³-hybridized carbons (Fsp3) is 0.154. The fourth-order valence-corrected chi connectivity index (χ4v) is 1.86. The zero-order valence-corrected chi connectivity index (χ0v) is 10.2. The van der Waals surface area contributed by atoms with Gasteiger partial charge in [-0.05, 0) is 36.2 Å². The molecular formula is C13H13ClN2O. The molecule has 17 heavy (non-hydrogen) atoms. The summed E-state index contributed by atoms with van der Waals surface area (Å²) < 4.78 is 1.62. The molecular weight excluding hydrogens is 236 g/mol. The number of anilines is 1. The van der Waals surface area contributed by atoms with Gasteiger partial charge in [-0.1, -0.05) is 17.7 Å². The molecule has 1 aromatic carbocycles. The molecule has 0 aliphatic rings. The van der Waals surface area contributed by atoms with Crippen LogP contribution in [0.15, 0.2) is 41.3 Å². The van der Waals surface area contributed by atoms with E-state index in [0.29, 0.717) is 17.3 Å². The minimum Gasteiger partial charge on any atom is -0.399 e. The van der Waals surface area contributed by atoms with Gasteiger partial charge in [-0.25, -0.2) is 0 Å². The Hall–Kier alpha value is -1.74. The summed E-state index contributed by atoms with van der Waals surface area (Å²) in [5, 5.41) is 0.581. The highest BCUT2D eigenvalue weighted by Gasteiger charge is 2.03. The Morgan fingerprint density at radius 2 is 2.06 bits per heavy atom. The van der Waals surface area contributed by atoms with E-state index < -0.39 is 0 Å². The minimum absolute atomic E-state index is 0.0297. The van der Waals surface area contributed by atoms with Gasteiger partial charge in [0.05, 0.1) is 6.54 Å². The first-order valence-corrected chi connectivity index (χ1v) is 5.65. The second kappa shape index (κ2) is 4.63. The highest BCUT2D eigenvalue weighted by Crippen LogP contribution is 2.19. The zero-order chi connectivity index (χ0) is 12.4. The summed E-state index contributed by atoms with van der Waals surface area (Å²) in [4.78, 5) is 11.7. The molecule has 0 atom stereocenters. The standard InChI is InChI=1S/C13H13ClN2O/c1-9-4-5-16(13(17)6-9)8-10-2-3-11(15)7-12(10)14/h2-7H,8,15H2,1H3. The van der Waals surface area contributed by atoms with E-state index in [0.717, 1.165) is 11.1 Å². The van der Waals surface area contributed by atoms with Crippen molar-refractivity contribution in [2.24, 2.45) is 0 Å². The number of rotatable bonds is 2. The smallest absolute Gasteiger partial charge is 0.251 e. The molecule has 0 fully saturated rings. The predicted octanol–water partition coefficient (Wildman–Crippen LogP) is 2.44. The number of nitrogens with zero attached hydrogens (tertiary/aromatic N) is 1. The van der Waals surface area contributed by atoms with Crippen molar-refractivity contribution in [1.82, 2.24) is 4.57 Å². The summed E-state index contributed by atoms with van der Waals surface area (Å²) in [5.41, 5.74) is 8.04. The quantitative estimate of drug-likeness (QED) is 0.830. The van der Waals surface area contributed by atoms with Gasteiger partial charge in [-0.2, -0.15) is 0 Å². The van der Waals surface area contributed by atoms with Crippen molar-refractivity contribution >= 4 is 17.3 Å². The molecule has 88 valence electrons. The molecule has 0 unspecified atom stereocenters. The van der Waals surface area contributed by atoms with Crippen LogP contribution < -0.4 is 11.3 Å². The normalized spacial score (nSPS) is 10.5. The number of aryl methyl sites for hydroxylation is 1. The number of halogens is 1. The first-order chi connectivity index (χ1) is 8.06. The van der Waals surface area contributed by atoms with Gasteiger partial charge in [-0.15, -0.1) is 0 Å². The van der Waals surface area contributed by atoms with E-state index >= 15 is 0 Å². The highest BCUT2D eigenvalue weighted by molar-refractivity contribution is 6.31. The highest BCUT2D eigenvalue weighted by atomic mass is 35.5. The van der Waals surface area contributed by atoms with E-state index in [2.05, 4.69) is 0 Å². The van der Waals surface area contributed by atoms with Crippen LogP contribution in [0.2, 0.25) is 5.02 Å². The molecule has 0 spiro atoms. The van der Waals surface area contributed by atoms with Gasteiger partial charge in [-0.3, -0.25) is 4.79 Å². The fourth-order valence-electron chi connectivity index (χ4n) is 1.61. The van der Waals surface area contributed by atoms with Gasteiger partial charge in [0.15, 0.2) is 0 Å². The maximum Gasteiger partial charge on any atom is 0.251 e. The van der Waals surface area contributed by atoms with Crippen LogP contribution in [0, 0.1) is 6.92 Å². The Morgan fingerprint density at radius 3 is 2.71 bits per heavy atom. The van der Waals surface area contributed by atoms with E-state index in [9.17, 15) is 4.79 Å². The topological polar surface area (TPSA) is 48.0 Å². The van der Waals surface area contributed by atoms with E-state index in [-0.39, 0.29) is 5.56 Å². The summed E-state index contributed by atoms with van der Waals surface area (Å²) in [6, 6.07) is 8.80. The molecule has 1 aromatic heterocycles. The summed E-state index contributed by atoms with van der Waals surface area (Å²) in [6.07, 6.45) is 1.77. The Balaban J connectivity index is 2.35. The van der Waals surface area contributed by atoms with Crippen molar-refractivity contribution in [3.8, 4) is 0 Å². The molecule has 0 saturated heterocycles. The van der Waals surface area contributed by atoms with Gasteiger partial charge in [0.1, 0.15) is 0 Å². The first kappa shape index (κ1) is 11.7. The molecule has 4 heteroatoms. The maximum absolute atomic E-state index is 11.7. The van der Waals surface area contributed by atoms with E-state index in [1.165, 1.54) is 0 Å². The largest absolute Gasteiger partial charge is 0.399 e. The number of nitrogens with two attached hydrogens (primary N) is 1. The lowest BCUT2D eigenvalue weighted by atomic mass is 10.2. The molecule has 0 aliphatic carbocycles. The van der Waals surface area contributed by atoms with Crippen LogP contribution in [0.3, 0.4) is 0 Å². The monoisotopic (exact) mass is 248 g/mol. The number of pyridine rings is 1. The third-order valence-electron chi connectivity index (χ3n) is 2.57.